The van der Waals surface area contributed by atoms with Crippen LogP contribution in [0.5, 0.6) is 0 Å². The van der Waals surface area contributed by atoms with Crippen LogP contribution in [0.2, 0.25) is 0 Å². The zero-order valence-electron chi connectivity index (χ0n) is 10.6. The Kier molecular flexibility index (Phi) is 3.15. The van der Waals surface area contributed by atoms with Crippen LogP contribution in [0.1, 0.15) is 25.7 Å². The fraction of sp³-hybridized carbons (Fsp3) is 0.462. The molecule has 0 unspecified atom stereocenters. The number of nitrogens with two attached hydrogens (primary N) is 1. The molecule has 0 saturated heterocycles. The van der Waals surface area contributed by atoms with Crippen LogP contribution in [-0.4, -0.2) is 20.2 Å². The standard InChI is InChI=1S/C13H16FN5/c14-11-7-10(5-6-12(11)15)13-16-17-18-19(13)8-9-3-1-2-4-9/h5-7,9H,1-4,8,15H2. The Labute approximate surface area is 110 Å². The normalized spacial score (nSPS) is 16.1. The highest BCUT2D eigenvalue weighted by atomic mass is 19.1. The maximum absolute atomic E-state index is 13.5. The second kappa shape index (κ2) is 4.95. The molecule has 0 spiro atoms. The maximum atomic E-state index is 13.5. The first-order valence-electron chi connectivity index (χ1n) is 6.55. The molecule has 2 N–H and O–H groups in total. The molecule has 1 heterocycles. The molecule has 0 aliphatic heterocycles. The van der Waals surface area contributed by atoms with E-state index in [1.807, 2.05) is 0 Å². The summed E-state index contributed by atoms with van der Waals surface area (Å²) in [6.45, 7) is 0.800. The van der Waals surface area contributed by atoms with Gasteiger partial charge in [-0.2, -0.15) is 0 Å². The van der Waals surface area contributed by atoms with Crippen molar-refractivity contribution in [2.45, 2.75) is 32.2 Å². The molecule has 1 aliphatic carbocycles. The van der Waals surface area contributed by atoms with Crippen LogP contribution in [-0.2, 0) is 6.54 Å². The fourth-order valence-electron chi connectivity index (χ4n) is 2.64. The minimum atomic E-state index is -0.437. The summed E-state index contributed by atoms with van der Waals surface area (Å²) < 4.78 is 15.3. The van der Waals surface area contributed by atoms with E-state index >= 15 is 0 Å². The third-order valence-electron chi connectivity index (χ3n) is 3.70. The Morgan fingerprint density at radius 1 is 1.32 bits per heavy atom. The third-order valence-corrected chi connectivity index (χ3v) is 3.70. The number of halogens is 1. The van der Waals surface area contributed by atoms with Crippen LogP contribution < -0.4 is 5.73 Å². The van der Waals surface area contributed by atoms with Gasteiger partial charge in [-0.3, -0.25) is 0 Å². The van der Waals surface area contributed by atoms with Crippen LogP contribution in [0, 0.1) is 11.7 Å². The lowest BCUT2D eigenvalue weighted by molar-refractivity contribution is 0.424. The minimum absolute atomic E-state index is 0.138. The van der Waals surface area contributed by atoms with Gasteiger partial charge in [-0.15, -0.1) is 5.10 Å². The van der Waals surface area contributed by atoms with Crippen LogP contribution >= 0.6 is 0 Å². The summed E-state index contributed by atoms with van der Waals surface area (Å²) in [4.78, 5) is 0. The second-order valence-electron chi connectivity index (χ2n) is 5.07. The molecule has 5 nitrogen and oxygen atoms in total. The molecule has 19 heavy (non-hydrogen) atoms. The van der Waals surface area contributed by atoms with E-state index in [4.69, 9.17) is 5.73 Å². The monoisotopic (exact) mass is 261 g/mol. The zero-order valence-corrected chi connectivity index (χ0v) is 10.6. The van der Waals surface area contributed by atoms with Crippen LogP contribution in [0.4, 0.5) is 10.1 Å². The lowest BCUT2D eigenvalue weighted by atomic mass is 10.1. The molecule has 1 aromatic heterocycles. The Hall–Kier alpha value is -1.98. The maximum Gasteiger partial charge on any atom is 0.182 e. The molecule has 0 amide bonds. The molecule has 2 aromatic rings. The summed E-state index contributed by atoms with van der Waals surface area (Å²) in [5.74, 6) is 0.791. The summed E-state index contributed by atoms with van der Waals surface area (Å²) in [7, 11) is 0. The summed E-state index contributed by atoms with van der Waals surface area (Å²) in [6.07, 6.45) is 4.99. The predicted octanol–water partition coefficient (Wildman–Crippen LogP) is 2.25. The molecule has 0 radical (unpaired) electrons. The highest BCUT2D eigenvalue weighted by Gasteiger charge is 2.19. The van der Waals surface area contributed by atoms with Crippen molar-refractivity contribution in [2.75, 3.05) is 5.73 Å². The summed E-state index contributed by atoms with van der Waals surface area (Å²) >= 11 is 0. The predicted molar refractivity (Wildman–Crippen MR) is 69.6 cm³/mol. The first-order chi connectivity index (χ1) is 9.24. The van der Waals surface area contributed by atoms with Crippen molar-refractivity contribution in [3.8, 4) is 11.4 Å². The third kappa shape index (κ3) is 2.43. The summed E-state index contributed by atoms with van der Waals surface area (Å²) in [6, 6.07) is 4.67. The van der Waals surface area contributed by atoms with E-state index < -0.39 is 5.82 Å². The Morgan fingerprint density at radius 2 is 2.11 bits per heavy atom. The number of tetrazole rings is 1. The first-order valence-corrected chi connectivity index (χ1v) is 6.55. The molecule has 1 aromatic carbocycles. The molecule has 1 saturated carbocycles. The number of hydrogen-bond donors (Lipinski definition) is 1. The topological polar surface area (TPSA) is 69.6 Å². The number of benzene rings is 1. The number of hydrogen-bond acceptors (Lipinski definition) is 4. The van der Waals surface area contributed by atoms with Crippen molar-refractivity contribution in [1.82, 2.24) is 20.2 Å². The molecular formula is C13H16FN5. The van der Waals surface area contributed by atoms with Crippen LogP contribution in [0.15, 0.2) is 18.2 Å². The Balaban J connectivity index is 1.87. The molecular weight excluding hydrogens is 245 g/mol. The van der Waals surface area contributed by atoms with Gasteiger partial charge in [0.05, 0.1) is 5.69 Å². The van der Waals surface area contributed by atoms with Gasteiger partial charge in [0.1, 0.15) is 5.82 Å². The van der Waals surface area contributed by atoms with E-state index in [9.17, 15) is 4.39 Å². The summed E-state index contributed by atoms with van der Waals surface area (Å²) in [5, 5.41) is 11.7. The van der Waals surface area contributed by atoms with Crippen molar-refractivity contribution in [1.29, 1.82) is 0 Å². The Morgan fingerprint density at radius 3 is 2.84 bits per heavy atom. The number of nitrogen functional groups attached to an aromatic ring is 1. The summed E-state index contributed by atoms with van der Waals surface area (Å²) in [5.41, 5.74) is 6.28. The number of aromatic nitrogens is 4. The fourth-order valence-corrected chi connectivity index (χ4v) is 2.64. The van der Waals surface area contributed by atoms with E-state index in [-0.39, 0.29) is 5.69 Å². The number of anilines is 1. The second-order valence-corrected chi connectivity index (χ2v) is 5.07. The van der Waals surface area contributed by atoms with Crippen molar-refractivity contribution in [3.63, 3.8) is 0 Å². The Bertz CT molecular complexity index is 574. The average Bonchev–Trinajstić information content (AvgIpc) is 3.05. The zero-order chi connectivity index (χ0) is 13.2. The van der Waals surface area contributed by atoms with Gasteiger partial charge in [0.15, 0.2) is 5.82 Å². The van der Waals surface area contributed by atoms with Gasteiger partial charge in [-0.25, -0.2) is 9.07 Å². The molecule has 3 rings (SSSR count). The van der Waals surface area contributed by atoms with E-state index in [0.717, 1.165) is 6.54 Å². The van der Waals surface area contributed by atoms with Gasteiger partial charge >= 0.3 is 0 Å². The number of rotatable bonds is 3. The highest BCUT2D eigenvalue weighted by Crippen LogP contribution is 2.27. The van der Waals surface area contributed by atoms with Gasteiger partial charge in [-0.1, -0.05) is 12.8 Å². The van der Waals surface area contributed by atoms with E-state index in [0.29, 0.717) is 17.3 Å². The van der Waals surface area contributed by atoms with Gasteiger partial charge in [0, 0.05) is 12.1 Å². The first kappa shape index (κ1) is 12.1. The quantitative estimate of drug-likeness (QED) is 0.860. The molecule has 0 atom stereocenters. The van der Waals surface area contributed by atoms with E-state index in [2.05, 4.69) is 15.5 Å². The highest BCUT2D eigenvalue weighted by molar-refractivity contribution is 5.59. The lowest BCUT2D eigenvalue weighted by Crippen LogP contribution is -2.10. The van der Waals surface area contributed by atoms with Crippen molar-refractivity contribution >= 4 is 5.69 Å². The van der Waals surface area contributed by atoms with Crippen molar-refractivity contribution in [3.05, 3.63) is 24.0 Å². The van der Waals surface area contributed by atoms with Crippen molar-refractivity contribution in [2.24, 2.45) is 5.92 Å². The molecule has 0 bridgehead atoms. The van der Waals surface area contributed by atoms with Gasteiger partial charge in [0.2, 0.25) is 0 Å². The van der Waals surface area contributed by atoms with Gasteiger partial charge < -0.3 is 5.73 Å². The molecule has 1 aliphatic rings. The average molecular weight is 261 g/mol. The van der Waals surface area contributed by atoms with Crippen LogP contribution in [0.3, 0.4) is 0 Å². The molecule has 1 fully saturated rings. The van der Waals surface area contributed by atoms with Crippen molar-refractivity contribution < 1.29 is 4.39 Å². The van der Waals surface area contributed by atoms with E-state index in [1.165, 1.54) is 31.7 Å². The lowest BCUT2D eigenvalue weighted by Gasteiger charge is -2.10. The van der Waals surface area contributed by atoms with Gasteiger partial charge in [0.25, 0.3) is 0 Å². The number of nitrogens with zero attached hydrogens (tertiary/aromatic N) is 4. The molecule has 6 heteroatoms. The molecule has 100 valence electrons. The smallest absolute Gasteiger partial charge is 0.182 e. The van der Waals surface area contributed by atoms with Gasteiger partial charge in [-0.05, 0) is 47.4 Å². The van der Waals surface area contributed by atoms with E-state index in [1.54, 1.807) is 16.8 Å². The SMILES string of the molecule is Nc1ccc(-c2nnnn2CC2CCCC2)cc1F. The minimum Gasteiger partial charge on any atom is -0.396 e. The van der Waals surface area contributed by atoms with Crippen LogP contribution in [0.25, 0.3) is 11.4 Å². The largest absolute Gasteiger partial charge is 0.396 e.